The number of carbonyl (C=O) groups is 1. The van der Waals surface area contributed by atoms with Crippen molar-refractivity contribution in [2.45, 2.75) is 34.2 Å². The van der Waals surface area contributed by atoms with Gasteiger partial charge in [-0.15, -0.1) is 0 Å². The second-order valence-electron chi connectivity index (χ2n) is 5.92. The molecule has 1 aromatic carbocycles. The molecule has 0 aliphatic heterocycles. The van der Waals surface area contributed by atoms with Gasteiger partial charge >= 0.3 is 5.97 Å². The summed E-state index contributed by atoms with van der Waals surface area (Å²) in [5.74, 6) is -0.390. The molecule has 0 saturated carbocycles. The van der Waals surface area contributed by atoms with Crippen molar-refractivity contribution in [3.05, 3.63) is 69.8 Å². The van der Waals surface area contributed by atoms with Gasteiger partial charge in [-0.1, -0.05) is 47.0 Å². The molecule has 24 heavy (non-hydrogen) atoms. The van der Waals surface area contributed by atoms with Crippen LogP contribution in [0.5, 0.6) is 0 Å². The maximum absolute atomic E-state index is 11.6. The number of imidazole rings is 1. The number of rotatable bonds is 5. The maximum Gasteiger partial charge on any atom is 0.354 e. The van der Waals surface area contributed by atoms with Crippen molar-refractivity contribution in [2.24, 2.45) is 0 Å². The lowest BCUT2D eigenvalue weighted by Crippen LogP contribution is -2.12. The highest BCUT2D eigenvalue weighted by Gasteiger charge is 2.18. The Balaban J connectivity index is 2.58. The number of hydrogen-bond acceptors (Lipinski definition) is 2. The minimum atomic E-state index is -1.01. The van der Waals surface area contributed by atoms with Gasteiger partial charge in [-0.05, 0) is 39.3 Å². The first kappa shape index (κ1) is 18.0. The topological polar surface area (TPSA) is 55.1 Å². The van der Waals surface area contributed by atoms with Crippen molar-refractivity contribution in [2.75, 3.05) is 0 Å². The summed E-state index contributed by atoms with van der Waals surface area (Å²) in [6.07, 6.45) is 5.31. The monoisotopic (exact) mass is 344 g/mol. The van der Waals surface area contributed by atoms with Gasteiger partial charge in [0.15, 0.2) is 0 Å². The van der Waals surface area contributed by atoms with Crippen LogP contribution in [0.4, 0.5) is 0 Å². The minimum Gasteiger partial charge on any atom is -0.477 e. The van der Waals surface area contributed by atoms with Gasteiger partial charge in [-0.25, -0.2) is 9.78 Å². The van der Waals surface area contributed by atoms with Gasteiger partial charge in [0, 0.05) is 10.6 Å². The third-order valence-electron chi connectivity index (χ3n) is 3.62. The average molecular weight is 345 g/mol. The maximum atomic E-state index is 11.6. The fraction of sp³-hybridized carbons (Fsp3) is 0.263. The van der Waals surface area contributed by atoms with Crippen LogP contribution in [0.2, 0.25) is 5.02 Å². The summed E-state index contributed by atoms with van der Waals surface area (Å²) in [4.78, 5) is 15.9. The fourth-order valence-electron chi connectivity index (χ4n) is 2.52. The Bertz CT molecular complexity index is 828. The van der Waals surface area contributed by atoms with E-state index in [4.69, 9.17) is 11.6 Å². The zero-order valence-electron chi connectivity index (χ0n) is 14.3. The highest BCUT2D eigenvalue weighted by Crippen LogP contribution is 2.24. The van der Waals surface area contributed by atoms with Crippen LogP contribution in [0.15, 0.2) is 42.1 Å². The fourth-order valence-corrected chi connectivity index (χ4v) is 2.70. The lowest BCUT2D eigenvalue weighted by molar-refractivity contribution is 0.0685. The molecular weight excluding hydrogens is 324 g/mol. The molecule has 1 aromatic heterocycles. The molecule has 0 spiro atoms. The number of carboxylic acid groups (broad SMARTS) is 1. The highest BCUT2D eigenvalue weighted by molar-refractivity contribution is 6.31. The first-order valence-electron chi connectivity index (χ1n) is 7.69. The summed E-state index contributed by atoms with van der Waals surface area (Å²) >= 11 is 6.29. The van der Waals surface area contributed by atoms with Crippen molar-refractivity contribution in [1.82, 2.24) is 9.55 Å². The molecule has 0 fully saturated rings. The number of nitrogens with zero attached hydrogens (tertiary/aromatic N) is 2. The van der Waals surface area contributed by atoms with E-state index in [2.05, 4.69) is 4.98 Å². The van der Waals surface area contributed by atoms with Crippen LogP contribution < -0.4 is 0 Å². The van der Waals surface area contributed by atoms with Crippen molar-refractivity contribution in [1.29, 1.82) is 0 Å². The van der Waals surface area contributed by atoms with E-state index in [1.165, 1.54) is 6.20 Å². The Morgan fingerprint density at radius 3 is 2.67 bits per heavy atom. The van der Waals surface area contributed by atoms with Gasteiger partial charge in [0.05, 0.1) is 12.7 Å². The lowest BCUT2D eigenvalue weighted by atomic mass is 10.1. The summed E-state index contributed by atoms with van der Waals surface area (Å²) in [6.45, 7) is 8.23. The molecule has 0 bridgehead atoms. The molecule has 0 radical (unpaired) electrons. The SMILES string of the molecule is C/C=C(\C=C(C)C)c1ncc(C(=O)O)n1Cc1cc(C)ccc1Cl. The summed E-state index contributed by atoms with van der Waals surface area (Å²) in [7, 11) is 0. The third-order valence-corrected chi connectivity index (χ3v) is 3.99. The van der Waals surface area contributed by atoms with Gasteiger partial charge in [-0.2, -0.15) is 0 Å². The van der Waals surface area contributed by atoms with Crippen molar-refractivity contribution < 1.29 is 9.90 Å². The molecule has 4 nitrogen and oxygen atoms in total. The number of halogens is 1. The second-order valence-corrected chi connectivity index (χ2v) is 6.33. The van der Waals surface area contributed by atoms with E-state index in [-0.39, 0.29) is 5.69 Å². The van der Waals surface area contributed by atoms with E-state index in [0.29, 0.717) is 17.4 Å². The Morgan fingerprint density at radius 1 is 1.38 bits per heavy atom. The van der Waals surface area contributed by atoms with Crippen molar-refractivity contribution in [3.8, 4) is 0 Å². The molecule has 5 heteroatoms. The number of benzene rings is 1. The van der Waals surface area contributed by atoms with Gasteiger partial charge in [0.1, 0.15) is 11.5 Å². The summed E-state index contributed by atoms with van der Waals surface area (Å²) in [5.41, 5.74) is 4.08. The van der Waals surface area contributed by atoms with E-state index >= 15 is 0 Å². The first-order valence-corrected chi connectivity index (χ1v) is 8.06. The van der Waals surface area contributed by atoms with E-state index in [1.807, 2.05) is 58.0 Å². The predicted molar refractivity (Wildman–Crippen MR) is 97.6 cm³/mol. The molecule has 0 aliphatic carbocycles. The quantitative estimate of drug-likeness (QED) is 0.780. The van der Waals surface area contributed by atoms with E-state index in [0.717, 1.165) is 22.3 Å². The number of aromatic nitrogens is 2. The normalized spacial score (nSPS) is 11.5. The molecule has 1 N–H and O–H groups in total. The van der Waals surface area contributed by atoms with Crippen molar-refractivity contribution >= 4 is 23.1 Å². The smallest absolute Gasteiger partial charge is 0.354 e. The van der Waals surface area contributed by atoms with Gasteiger partial charge < -0.3 is 9.67 Å². The van der Waals surface area contributed by atoms with Gasteiger partial charge in [-0.3, -0.25) is 0 Å². The average Bonchev–Trinajstić information content (AvgIpc) is 2.92. The minimum absolute atomic E-state index is 0.143. The summed E-state index contributed by atoms with van der Waals surface area (Å²) in [5, 5.41) is 10.1. The van der Waals surface area contributed by atoms with E-state index in [9.17, 15) is 9.90 Å². The lowest BCUT2D eigenvalue weighted by Gasteiger charge is -2.13. The van der Waals surface area contributed by atoms with Crippen LogP contribution in [0, 0.1) is 6.92 Å². The Kier molecular flexibility index (Phi) is 5.62. The zero-order valence-corrected chi connectivity index (χ0v) is 15.1. The molecule has 2 rings (SSSR count). The Hall–Kier alpha value is -2.33. The van der Waals surface area contributed by atoms with Crippen LogP contribution in [0.25, 0.3) is 5.57 Å². The number of allylic oxidation sites excluding steroid dienone is 4. The summed E-state index contributed by atoms with van der Waals surface area (Å²) < 4.78 is 1.69. The molecule has 126 valence electrons. The van der Waals surface area contributed by atoms with Gasteiger partial charge in [0.25, 0.3) is 0 Å². The second kappa shape index (κ2) is 7.49. The van der Waals surface area contributed by atoms with Crippen LogP contribution in [-0.4, -0.2) is 20.6 Å². The van der Waals surface area contributed by atoms with Crippen LogP contribution in [0.1, 0.15) is 48.2 Å². The van der Waals surface area contributed by atoms with Gasteiger partial charge in [0.2, 0.25) is 0 Å². The molecule has 0 saturated heterocycles. The number of aromatic carboxylic acids is 1. The van der Waals surface area contributed by atoms with E-state index < -0.39 is 5.97 Å². The third kappa shape index (κ3) is 3.95. The number of carboxylic acids is 1. The van der Waals surface area contributed by atoms with Crippen LogP contribution >= 0.6 is 11.6 Å². The molecule has 0 aliphatic rings. The molecule has 0 unspecified atom stereocenters. The highest BCUT2D eigenvalue weighted by atomic mass is 35.5. The zero-order chi connectivity index (χ0) is 17.9. The molecule has 0 amide bonds. The van der Waals surface area contributed by atoms with Crippen LogP contribution in [-0.2, 0) is 6.54 Å². The van der Waals surface area contributed by atoms with Crippen molar-refractivity contribution in [3.63, 3.8) is 0 Å². The number of hydrogen-bond donors (Lipinski definition) is 1. The van der Waals surface area contributed by atoms with E-state index in [1.54, 1.807) is 4.57 Å². The Labute approximate surface area is 147 Å². The molecular formula is C19H21ClN2O2. The summed E-state index contributed by atoms with van der Waals surface area (Å²) in [6, 6.07) is 5.73. The molecule has 2 aromatic rings. The van der Waals surface area contributed by atoms with Crippen LogP contribution in [0.3, 0.4) is 0 Å². The number of aryl methyl sites for hydroxylation is 1. The standard InChI is InChI=1S/C19H21ClN2O2/c1-5-14(8-12(2)3)18-21-10-17(19(23)24)22(18)11-15-9-13(4)6-7-16(15)20/h5-10H,11H2,1-4H3,(H,23,24)/b14-5+. The predicted octanol–water partition coefficient (Wildman–Crippen LogP) is 4.96. The molecule has 1 heterocycles. The first-order chi connectivity index (χ1) is 11.3. The largest absolute Gasteiger partial charge is 0.477 e. The molecule has 0 atom stereocenters. The Morgan fingerprint density at radius 2 is 2.08 bits per heavy atom.